The number of nitrogens with one attached hydrogen (secondary N) is 1. The fourth-order valence-corrected chi connectivity index (χ4v) is 3.61. The van der Waals surface area contributed by atoms with Crippen LogP contribution in [0.4, 0.5) is 0 Å². The molecule has 0 aliphatic rings. The lowest BCUT2D eigenvalue weighted by atomic mass is 10.1. The summed E-state index contributed by atoms with van der Waals surface area (Å²) in [6, 6.07) is 10.9. The fourth-order valence-electron chi connectivity index (χ4n) is 2.12. The van der Waals surface area contributed by atoms with E-state index in [1.54, 1.807) is 30.3 Å². The molecule has 0 fully saturated rings. The van der Waals surface area contributed by atoms with Gasteiger partial charge in [0.05, 0.1) is 17.6 Å². The summed E-state index contributed by atoms with van der Waals surface area (Å²) in [7, 11) is -2.63. The Morgan fingerprint density at radius 3 is 2.41 bits per heavy atom. The average Bonchev–Trinajstić information content (AvgIpc) is 2.65. The maximum atomic E-state index is 12.3. The van der Waals surface area contributed by atoms with Gasteiger partial charge < -0.3 is 9.47 Å². The van der Waals surface area contributed by atoms with Gasteiger partial charge in [0.2, 0.25) is 10.0 Å². The Bertz CT molecular complexity index is 927. The Morgan fingerprint density at radius 1 is 1.15 bits per heavy atom. The van der Waals surface area contributed by atoms with Crippen molar-refractivity contribution in [1.82, 2.24) is 4.72 Å². The zero-order valence-electron chi connectivity index (χ0n) is 14.6. The predicted octanol–water partition coefficient (Wildman–Crippen LogP) is 2.54. The number of halogens is 1. The highest BCUT2D eigenvalue weighted by Crippen LogP contribution is 2.16. The van der Waals surface area contributed by atoms with Crippen molar-refractivity contribution in [1.29, 1.82) is 0 Å². The number of esters is 2. The van der Waals surface area contributed by atoms with Crippen LogP contribution >= 0.6 is 11.6 Å². The van der Waals surface area contributed by atoms with Gasteiger partial charge in [-0.25, -0.2) is 13.2 Å². The second-order valence-electron chi connectivity index (χ2n) is 5.60. The molecule has 0 aliphatic carbocycles. The monoisotopic (exact) mass is 411 g/mol. The summed E-state index contributed by atoms with van der Waals surface area (Å²) in [4.78, 5) is 23.4. The molecule has 0 aliphatic heterocycles. The molecule has 0 aromatic heterocycles. The zero-order chi connectivity index (χ0) is 20.0. The first-order valence-electron chi connectivity index (χ1n) is 7.84. The first-order chi connectivity index (χ1) is 12.7. The maximum absolute atomic E-state index is 12.3. The van der Waals surface area contributed by atoms with Gasteiger partial charge in [-0.15, -0.1) is 0 Å². The highest BCUT2D eigenvalue weighted by atomic mass is 35.5. The van der Waals surface area contributed by atoms with Crippen LogP contribution in [0.25, 0.3) is 0 Å². The zero-order valence-corrected chi connectivity index (χ0v) is 16.2. The van der Waals surface area contributed by atoms with Crippen molar-refractivity contribution in [2.75, 3.05) is 7.11 Å². The number of hydrogen-bond donors (Lipinski definition) is 1. The van der Waals surface area contributed by atoms with E-state index in [0.717, 1.165) is 0 Å². The summed E-state index contributed by atoms with van der Waals surface area (Å²) in [5.74, 6) is -1.21. The van der Waals surface area contributed by atoms with Crippen molar-refractivity contribution < 1.29 is 27.5 Å². The summed E-state index contributed by atoms with van der Waals surface area (Å²) in [5.41, 5.74) is 1.01. The van der Waals surface area contributed by atoms with E-state index in [9.17, 15) is 18.0 Å². The lowest BCUT2D eigenvalue weighted by molar-refractivity contribution is -0.146. The number of rotatable bonds is 7. The molecule has 0 unspecified atom stereocenters. The number of hydrogen-bond acceptors (Lipinski definition) is 6. The summed E-state index contributed by atoms with van der Waals surface area (Å²) in [6.45, 7) is 1.31. The number of benzene rings is 2. The van der Waals surface area contributed by atoms with Crippen LogP contribution in [0.2, 0.25) is 5.02 Å². The SMILES string of the molecule is COC(=O)c1ccc(COC(=O)[C@H](C)NS(=O)(=O)c2cccc(Cl)c2)cc1. The van der Waals surface area contributed by atoms with Gasteiger partial charge in [0, 0.05) is 5.02 Å². The fraction of sp³-hybridized carbons (Fsp3) is 0.222. The molecule has 0 saturated heterocycles. The van der Waals surface area contributed by atoms with Crippen LogP contribution in [-0.4, -0.2) is 33.5 Å². The minimum atomic E-state index is -3.91. The van der Waals surface area contributed by atoms with Gasteiger partial charge in [0.15, 0.2) is 0 Å². The van der Waals surface area contributed by atoms with Crippen LogP contribution in [0.5, 0.6) is 0 Å². The molecule has 2 aromatic carbocycles. The van der Waals surface area contributed by atoms with Gasteiger partial charge in [-0.2, -0.15) is 4.72 Å². The molecule has 0 spiro atoms. The van der Waals surface area contributed by atoms with Crippen LogP contribution in [0.3, 0.4) is 0 Å². The molecule has 7 nitrogen and oxygen atoms in total. The number of methoxy groups -OCH3 is 1. The maximum Gasteiger partial charge on any atom is 0.337 e. The summed E-state index contributed by atoms with van der Waals surface area (Å²) in [5, 5.41) is 0.267. The largest absolute Gasteiger partial charge is 0.465 e. The minimum Gasteiger partial charge on any atom is -0.465 e. The molecular formula is C18H18ClNO6S. The van der Waals surface area contributed by atoms with Crippen molar-refractivity contribution in [3.8, 4) is 0 Å². The molecule has 9 heteroatoms. The Balaban J connectivity index is 1.94. The first-order valence-corrected chi connectivity index (χ1v) is 9.71. The van der Waals surface area contributed by atoms with Crippen molar-refractivity contribution in [2.24, 2.45) is 0 Å². The van der Waals surface area contributed by atoms with Gasteiger partial charge in [0.1, 0.15) is 12.6 Å². The summed E-state index contributed by atoms with van der Waals surface area (Å²) in [6.07, 6.45) is 0. The van der Waals surface area contributed by atoms with Gasteiger partial charge in [-0.3, -0.25) is 4.79 Å². The van der Waals surface area contributed by atoms with Crippen LogP contribution in [0, 0.1) is 0 Å². The van der Waals surface area contributed by atoms with Crippen LogP contribution in [-0.2, 0) is 30.9 Å². The summed E-state index contributed by atoms with van der Waals surface area (Å²) < 4.78 is 36.5. The van der Waals surface area contributed by atoms with Gasteiger partial charge in [-0.1, -0.05) is 29.8 Å². The van der Waals surface area contributed by atoms with E-state index in [2.05, 4.69) is 9.46 Å². The number of carbonyl (C=O) groups is 2. The highest BCUT2D eigenvalue weighted by molar-refractivity contribution is 7.89. The molecule has 2 aromatic rings. The summed E-state index contributed by atoms with van der Waals surface area (Å²) >= 11 is 5.79. The van der Waals surface area contributed by atoms with E-state index in [0.29, 0.717) is 11.1 Å². The topological polar surface area (TPSA) is 98.8 Å². The molecular weight excluding hydrogens is 394 g/mol. The normalized spacial score (nSPS) is 12.3. The van der Waals surface area contributed by atoms with Gasteiger partial charge in [-0.05, 0) is 42.8 Å². The third kappa shape index (κ3) is 5.78. The predicted molar refractivity (Wildman–Crippen MR) is 98.8 cm³/mol. The Labute approximate surface area is 162 Å². The van der Waals surface area contributed by atoms with Crippen molar-refractivity contribution >= 4 is 33.6 Å². The second-order valence-corrected chi connectivity index (χ2v) is 7.75. The standard InChI is InChI=1S/C18H18ClNO6S/c1-12(20-27(23,24)16-5-3-4-15(19)10-16)17(21)26-11-13-6-8-14(9-7-13)18(22)25-2/h3-10,12,20H,11H2,1-2H3/t12-/m0/s1. The van der Waals surface area contributed by atoms with E-state index < -0.39 is 28.0 Å². The van der Waals surface area contributed by atoms with Crippen molar-refractivity contribution in [3.05, 3.63) is 64.7 Å². The molecule has 0 saturated carbocycles. The number of carbonyl (C=O) groups excluding carboxylic acids is 2. The Hall–Kier alpha value is -2.42. The molecule has 1 atom stereocenters. The van der Waals surface area contributed by atoms with E-state index >= 15 is 0 Å². The molecule has 1 N–H and O–H groups in total. The van der Waals surface area contributed by atoms with E-state index in [1.807, 2.05) is 0 Å². The van der Waals surface area contributed by atoms with Crippen molar-refractivity contribution in [3.63, 3.8) is 0 Å². The Morgan fingerprint density at radius 2 is 1.81 bits per heavy atom. The van der Waals surface area contributed by atoms with Crippen LogP contribution in [0.15, 0.2) is 53.4 Å². The molecule has 27 heavy (non-hydrogen) atoms. The number of ether oxygens (including phenoxy) is 2. The third-order valence-electron chi connectivity index (χ3n) is 3.55. The molecule has 144 valence electrons. The smallest absolute Gasteiger partial charge is 0.337 e. The van der Waals surface area contributed by atoms with E-state index in [-0.39, 0.29) is 16.5 Å². The second kappa shape index (κ2) is 8.98. The first kappa shape index (κ1) is 20.9. The molecule has 0 heterocycles. The lowest BCUT2D eigenvalue weighted by Gasteiger charge is -2.14. The van der Waals surface area contributed by atoms with Crippen molar-refractivity contribution in [2.45, 2.75) is 24.5 Å². The molecule has 0 radical (unpaired) electrons. The van der Waals surface area contributed by atoms with E-state index in [1.165, 1.54) is 32.2 Å². The highest BCUT2D eigenvalue weighted by Gasteiger charge is 2.23. The third-order valence-corrected chi connectivity index (χ3v) is 5.32. The molecule has 0 bridgehead atoms. The Kier molecular flexibility index (Phi) is 6.95. The average molecular weight is 412 g/mol. The lowest BCUT2D eigenvalue weighted by Crippen LogP contribution is -2.39. The molecule has 0 amide bonds. The minimum absolute atomic E-state index is 0.0481. The van der Waals surface area contributed by atoms with Crippen LogP contribution < -0.4 is 4.72 Å². The van der Waals surface area contributed by atoms with Gasteiger partial charge in [0.25, 0.3) is 0 Å². The number of sulfonamides is 1. The van der Waals surface area contributed by atoms with Gasteiger partial charge >= 0.3 is 11.9 Å². The quantitative estimate of drug-likeness (QED) is 0.703. The van der Waals surface area contributed by atoms with E-state index in [4.69, 9.17) is 16.3 Å². The van der Waals surface area contributed by atoms with Crippen LogP contribution in [0.1, 0.15) is 22.8 Å². The molecule has 2 rings (SSSR count).